The second-order valence-electron chi connectivity index (χ2n) is 7.57. The number of ether oxygens (including phenoxy) is 1. The molecular formula is C21H20ClN3O4. The minimum atomic E-state index is -1.38. The summed E-state index contributed by atoms with van der Waals surface area (Å²) in [5.74, 6) is 0.471. The number of nitrogens with zero attached hydrogens (tertiary/aromatic N) is 2. The molecule has 2 aromatic carbocycles. The highest BCUT2D eigenvalue weighted by Gasteiger charge is 2.35. The average Bonchev–Trinajstić information content (AvgIpc) is 3.21. The van der Waals surface area contributed by atoms with Crippen LogP contribution in [-0.2, 0) is 11.2 Å². The van der Waals surface area contributed by atoms with Gasteiger partial charge in [0.1, 0.15) is 5.75 Å². The lowest BCUT2D eigenvalue weighted by molar-refractivity contribution is -0.117. The van der Waals surface area contributed by atoms with E-state index < -0.39 is 6.16 Å². The first-order valence-corrected chi connectivity index (χ1v) is 9.69. The van der Waals surface area contributed by atoms with Crippen molar-refractivity contribution in [3.8, 4) is 5.75 Å². The SMILES string of the molecule is CC(C)CC(c1cc(Cl)cc2cn[nH]c12)N1C(=O)Cc2cc(OC(=O)O)ccc21. The number of fused-ring (bicyclic) bond motifs is 2. The predicted molar refractivity (Wildman–Crippen MR) is 110 cm³/mol. The summed E-state index contributed by atoms with van der Waals surface area (Å²) >= 11 is 6.36. The van der Waals surface area contributed by atoms with Crippen LogP contribution in [0.5, 0.6) is 5.75 Å². The van der Waals surface area contributed by atoms with Gasteiger partial charge in [-0.25, -0.2) is 4.79 Å². The van der Waals surface area contributed by atoms with Crippen LogP contribution in [0.4, 0.5) is 10.5 Å². The van der Waals surface area contributed by atoms with Crippen LogP contribution in [0.3, 0.4) is 0 Å². The highest BCUT2D eigenvalue weighted by molar-refractivity contribution is 6.31. The largest absolute Gasteiger partial charge is 0.511 e. The van der Waals surface area contributed by atoms with Gasteiger partial charge in [0, 0.05) is 21.7 Å². The van der Waals surface area contributed by atoms with Crippen molar-refractivity contribution >= 4 is 40.3 Å². The Morgan fingerprint density at radius 3 is 2.86 bits per heavy atom. The number of amides is 1. The molecular weight excluding hydrogens is 394 g/mol. The molecule has 3 aromatic rings. The number of carbonyl (C=O) groups excluding carboxylic acids is 1. The van der Waals surface area contributed by atoms with Crippen LogP contribution in [0, 0.1) is 5.92 Å². The molecule has 0 saturated heterocycles. The van der Waals surface area contributed by atoms with E-state index in [2.05, 4.69) is 24.0 Å². The van der Waals surface area contributed by atoms with Crippen molar-refractivity contribution in [2.45, 2.75) is 32.7 Å². The van der Waals surface area contributed by atoms with Crippen molar-refractivity contribution in [1.82, 2.24) is 10.2 Å². The van der Waals surface area contributed by atoms with Crippen molar-refractivity contribution in [2.75, 3.05) is 4.90 Å². The molecule has 1 amide bonds. The minimum absolute atomic E-state index is 0.0502. The van der Waals surface area contributed by atoms with Gasteiger partial charge in [-0.1, -0.05) is 25.4 Å². The highest BCUT2D eigenvalue weighted by atomic mass is 35.5. The summed E-state index contributed by atoms with van der Waals surface area (Å²) in [7, 11) is 0. The van der Waals surface area contributed by atoms with E-state index in [0.29, 0.717) is 10.9 Å². The summed E-state index contributed by atoms with van der Waals surface area (Å²) < 4.78 is 4.74. The Bertz CT molecular complexity index is 1110. The average molecular weight is 414 g/mol. The fourth-order valence-electron chi connectivity index (χ4n) is 3.95. The van der Waals surface area contributed by atoms with Gasteiger partial charge in [-0.3, -0.25) is 9.89 Å². The molecule has 29 heavy (non-hydrogen) atoms. The monoisotopic (exact) mass is 413 g/mol. The van der Waals surface area contributed by atoms with E-state index in [0.717, 1.165) is 34.1 Å². The summed E-state index contributed by atoms with van der Waals surface area (Å²) in [4.78, 5) is 25.6. The van der Waals surface area contributed by atoms with Crippen molar-refractivity contribution < 1.29 is 19.4 Å². The number of hydrogen-bond donors (Lipinski definition) is 2. The highest BCUT2D eigenvalue weighted by Crippen LogP contribution is 2.42. The first-order valence-electron chi connectivity index (χ1n) is 9.31. The van der Waals surface area contributed by atoms with E-state index in [1.807, 2.05) is 12.1 Å². The maximum atomic E-state index is 13.0. The molecule has 150 valence electrons. The van der Waals surface area contributed by atoms with Crippen molar-refractivity contribution in [3.63, 3.8) is 0 Å². The summed E-state index contributed by atoms with van der Waals surface area (Å²) in [5.41, 5.74) is 3.26. The van der Waals surface area contributed by atoms with Gasteiger partial charge < -0.3 is 14.7 Å². The van der Waals surface area contributed by atoms with Crippen LogP contribution in [0.15, 0.2) is 36.5 Å². The summed E-state index contributed by atoms with van der Waals surface area (Å²) in [5, 5.41) is 17.5. The lowest BCUT2D eigenvalue weighted by Gasteiger charge is -2.31. The van der Waals surface area contributed by atoms with E-state index in [-0.39, 0.29) is 24.1 Å². The van der Waals surface area contributed by atoms with E-state index in [4.69, 9.17) is 21.4 Å². The zero-order valence-corrected chi connectivity index (χ0v) is 16.7. The van der Waals surface area contributed by atoms with Crippen LogP contribution in [0.1, 0.15) is 37.4 Å². The van der Waals surface area contributed by atoms with Gasteiger partial charge in [0.2, 0.25) is 5.91 Å². The van der Waals surface area contributed by atoms with E-state index in [9.17, 15) is 9.59 Å². The van der Waals surface area contributed by atoms with Gasteiger partial charge in [-0.2, -0.15) is 5.10 Å². The maximum Gasteiger partial charge on any atom is 0.511 e. The number of carbonyl (C=O) groups is 2. The molecule has 1 atom stereocenters. The number of halogens is 1. The predicted octanol–water partition coefficient (Wildman–Crippen LogP) is 4.95. The summed E-state index contributed by atoms with van der Waals surface area (Å²) in [6.45, 7) is 4.21. The second-order valence-corrected chi connectivity index (χ2v) is 8.01. The number of rotatable bonds is 5. The molecule has 0 aliphatic carbocycles. The lowest BCUT2D eigenvalue weighted by atomic mass is 9.94. The molecule has 0 bridgehead atoms. The zero-order chi connectivity index (χ0) is 20.7. The summed E-state index contributed by atoms with van der Waals surface area (Å²) in [6, 6.07) is 8.39. The number of benzene rings is 2. The molecule has 2 heterocycles. The number of H-pyrrole nitrogens is 1. The number of hydrogen-bond acceptors (Lipinski definition) is 4. The quantitative estimate of drug-likeness (QED) is 0.455. The molecule has 8 heteroatoms. The van der Waals surface area contributed by atoms with E-state index in [1.54, 1.807) is 29.3 Å². The van der Waals surface area contributed by atoms with E-state index in [1.165, 1.54) is 0 Å². The molecule has 0 saturated carbocycles. The van der Waals surface area contributed by atoms with Crippen molar-refractivity contribution in [3.05, 3.63) is 52.7 Å². The van der Waals surface area contributed by atoms with Crippen LogP contribution < -0.4 is 9.64 Å². The standard InChI is InChI=1S/C21H20ClN3O4/c1-11(2)5-18(16-9-14(22)6-13-10-23-24-20(13)16)25-17-4-3-15(29-21(27)28)7-12(17)8-19(25)26/h3-4,6-7,9-11,18H,5,8H2,1-2H3,(H,23,24)(H,27,28). The normalized spacial score (nSPS) is 14.5. The summed E-state index contributed by atoms with van der Waals surface area (Å²) in [6.07, 6.45) is 1.25. The van der Waals surface area contributed by atoms with Gasteiger partial charge in [-0.15, -0.1) is 0 Å². The fraction of sp³-hybridized carbons (Fsp3) is 0.286. The first kappa shape index (κ1) is 19.3. The Balaban J connectivity index is 1.82. The van der Waals surface area contributed by atoms with Gasteiger partial charge in [-0.05, 0) is 48.2 Å². The van der Waals surface area contributed by atoms with E-state index >= 15 is 0 Å². The third-order valence-electron chi connectivity index (χ3n) is 5.04. The molecule has 2 N–H and O–H groups in total. The van der Waals surface area contributed by atoms with Gasteiger partial charge in [0.25, 0.3) is 0 Å². The van der Waals surface area contributed by atoms with Crippen LogP contribution >= 0.6 is 11.6 Å². The molecule has 1 aliphatic heterocycles. The molecule has 4 rings (SSSR count). The lowest BCUT2D eigenvalue weighted by Crippen LogP contribution is -2.32. The second kappa shape index (κ2) is 7.40. The molecule has 7 nitrogen and oxygen atoms in total. The van der Waals surface area contributed by atoms with Gasteiger partial charge in [0.15, 0.2) is 0 Å². The third kappa shape index (κ3) is 3.65. The van der Waals surface area contributed by atoms with Crippen LogP contribution in [0.2, 0.25) is 5.02 Å². The third-order valence-corrected chi connectivity index (χ3v) is 5.25. The maximum absolute atomic E-state index is 13.0. The Morgan fingerprint density at radius 2 is 2.14 bits per heavy atom. The van der Waals surface area contributed by atoms with Crippen molar-refractivity contribution in [2.24, 2.45) is 5.92 Å². The molecule has 1 aromatic heterocycles. The molecule has 0 spiro atoms. The minimum Gasteiger partial charge on any atom is -0.449 e. The molecule has 1 unspecified atom stereocenters. The zero-order valence-electron chi connectivity index (χ0n) is 16.0. The molecule has 1 aliphatic rings. The number of aromatic amines is 1. The number of carboxylic acid groups (broad SMARTS) is 1. The van der Waals surface area contributed by atoms with Gasteiger partial charge >= 0.3 is 6.16 Å². The van der Waals surface area contributed by atoms with Crippen molar-refractivity contribution in [1.29, 1.82) is 0 Å². The van der Waals surface area contributed by atoms with Crippen LogP contribution in [0.25, 0.3) is 10.9 Å². The van der Waals surface area contributed by atoms with Crippen LogP contribution in [-0.4, -0.2) is 27.4 Å². The molecule has 0 radical (unpaired) electrons. The Kier molecular flexibility index (Phi) is 4.92. The fourth-order valence-corrected chi connectivity index (χ4v) is 4.19. The topological polar surface area (TPSA) is 95.5 Å². The number of aromatic nitrogens is 2. The Morgan fingerprint density at radius 1 is 1.34 bits per heavy atom. The Labute approximate surface area is 172 Å². The smallest absolute Gasteiger partial charge is 0.449 e. The number of nitrogens with one attached hydrogen (secondary N) is 1. The van der Waals surface area contributed by atoms with Gasteiger partial charge in [0.05, 0.1) is 24.2 Å². The Hall–Kier alpha value is -3.06. The molecule has 0 fully saturated rings. The number of anilines is 1. The first-order chi connectivity index (χ1) is 13.8.